The smallest absolute Gasteiger partial charge is 0.244 e. The van der Waals surface area contributed by atoms with Gasteiger partial charge in [0.05, 0.1) is 17.4 Å². The van der Waals surface area contributed by atoms with Gasteiger partial charge < -0.3 is 5.32 Å². The van der Waals surface area contributed by atoms with E-state index in [1.165, 1.54) is 6.08 Å². The van der Waals surface area contributed by atoms with Crippen molar-refractivity contribution in [1.29, 1.82) is 5.26 Å². The summed E-state index contributed by atoms with van der Waals surface area (Å²) in [6, 6.07) is 8.41. The summed E-state index contributed by atoms with van der Waals surface area (Å²) in [6.07, 6.45) is 2.91. The van der Waals surface area contributed by atoms with Crippen LogP contribution in [0.5, 0.6) is 0 Å². The average Bonchev–Trinajstić information content (AvgIpc) is 2.44. The highest BCUT2D eigenvalue weighted by atomic mass is 32.2. The highest BCUT2D eigenvalue weighted by Crippen LogP contribution is 2.06. The van der Waals surface area contributed by atoms with Gasteiger partial charge in [-0.15, -0.1) is 0 Å². The van der Waals surface area contributed by atoms with Gasteiger partial charge in [-0.1, -0.05) is 19.1 Å². The predicted octanol–water partition coefficient (Wildman–Crippen LogP) is 1.51. The Kier molecular flexibility index (Phi) is 6.12. The number of nitriles is 1. The number of rotatable bonds is 6. The van der Waals surface area contributed by atoms with Crippen LogP contribution in [0.3, 0.4) is 0 Å². The summed E-state index contributed by atoms with van der Waals surface area (Å²) in [6.45, 7) is 3.22. The molecule has 112 valence electrons. The van der Waals surface area contributed by atoms with Crippen molar-refractivity contribution < 1.29 is 13.2 Å². The van der Waals surface area contributed by atoms with Crippen LogP contribution in [-0.2, 0) is 14.6 Å². The van der Waals surface area contributed by atoms with Crippen LogP contribution in [-0.4, -0.2) is 31.9 Å². The SMILES string of the molecule is CCS(=O)(=O)C[C@@H](C)NC(=O)/C=C\c1cccc(C#N)c1. The minimum Gasteiger partial charge on any atom is -0.349 e. The Morgan fingerprint density at radius 3 is 2.81 bits per heavy atom. The van der Waals surface area contributed by atoms with Crippen molar-refractivity contribution in [2.24, 2.45) is 0 Å². The number of amides is 1. The Hall–Kier alpha value is -2.13. The van der Waals surface area contributed by atoms with Crippen molar-refractivity contribution in [3.63, 3.8) is 0 Å². The fourth-order valence-electron chi connectivity index (χ4n) is 1.72. The van der Waals surface area contributed by atoms with E-state index >= 15 is 0 Å². The van der Waals surface area contributed by atoms with Crippen molar-refractivity contribution in [1.82, 2.24) is 5.32 Å². The molecule has 5 nitrogen and oxygen atoms in total. The highest BCUT2D eigenvalue weighted by molar-refractivity contribution is 7.91. The Morgan fingerprint density at radius 2 is 2.19 bits per heavy atom. The molecule has 6 heteroatoms. The molecule has 0 saturated heterocycles. The van der Waals surface area contributed by atoms with Crippen molar-refractivity contribution in [2.75, 3.05) is 11.5 Å². The third-order valence-electron chi connectivity index (χ3n) is 2.78. The van der Waals surface area contributed by atoms with E-state index in [-0.39, 0.29) is 17.4 Å². The first-order valence-electron chi connectivity index (χ1n) is 6.55. The second kappa shape index (κ2) is 7.60. The van der Waals surface area contributed by atoms with Gasteiger partial charge in [0.2, 0.25) is 5.91 Å². The third-order valence-corrected chi connectivity index (χ3v) is 4.66. The third kappa shape index (κ3) is 6.23. The van der Waals surface area contributed by atoms with Gasteiger partial charge >= 0.3 is 0 Å². The molecule has 1 atom stereocenters. The second-order valence-corrected chi connectivity index (χ2v) is 7.08. The summed E-state index contributed by atoms with van der Waals surface area (Å²) in [5, 5.41) is 11.4. The zero-order valence-electron chi connectivity index (χ0n) is 12.0. The maximum absolute atomic E-state index is 11.7. The first-order chi connectivity index (χ1) is 9.86. The highest BCUT2D eigenvalue weighted by Gasteiger charge is 2.14. The lowest BCUT2D eigenvalue weighted by atomic mass is 10.1. The first kappa shape index (κ1) is 16.9. The largest absolute Gasteiger partial charge is 0.349 e. The Labute approximate surface area is 125 Å². The van der Waals surface area contributed by atoms with Gasteiger partial charge in [0, 0.05) is 17.9 Å². The quantitative estimate of drug-likeness (QED) is 0.807. The van der Waals surface area contributed by atoms with Crippen LogP contribution in [0.15, 0.2) is 30.3 Å². The molecule has 0 heterocycles. The minimum atomic E-state index is -3.12. The zero-order chi connectivity index (χ0) is 15.9. The normalized spacial score (nSPS) is 12.8. The van der Waals surface area contributed by atoms with E-state index in [1.807, 2.05) is 6.07 Å². The Balaban J connectivity index is 2.61. The van der Waals surface area contributed by atoms with E-state index in [1.54, 1.807) is 44.2 Å². The lowest BCUT2D eigenvalue weighted by molar-refractivity contribution is -0.116. The van der Waals surface area contributed by atoms with Gasteiger partial charge in [-0.2, -0.15) is 5.26 Å². The zero-order valence-corrected chi connectivity index (χ0v) is 12.9. The summed E-state index contributed by atoms with van der Waals surface area (Å²) >= 11 is 0. The summed E-state index contributed by atoms with van der Waals surface area (Å²) in [4.78, 5) is 11.7. The number of carbonyl (C=O) groups is 1. The molecular formula is C15H18N2O3S. The van der Waals surface area contributed by atoms with Crippen LogP contribution in [0.4, 0.5) is 0 Å². The van der Waals surface area contributed by atoms with Crippen LogP contribution >= 0.6 is 0 Å². The molecule has 0 aromatic heterocycles. The lowest BCUT2D eigenvalue weighted by Crippen LogP contribution is -2.37. The number of hydrogen-bond acceptors (Lipinski definition) is 4. The maximum Gasteiger partial charge on any atom is 0.244 e. The molecule has 0 spiro atoms. The van der Waals surface area contributed by atoms with Crippen LogP contribution < -0.4 is 5.32 Å². The molecule has 1 rings (SSSR count). The summed E-state index contributed by atoms with van der Waals surface area (Å²) < 4.78 is 22.9. The molecule has 0 bridgehead atoms. The molecule has 1 aromatic rings. The molecule has 0 aliphatic rings. The molecular weight excluding hydrogens is 288 g/mol. The second-order valence-electron chi connectivity index (χ2n) is 4.68. The summed E-state index contributed by atoms with van der Waals surface area (Å²) in [5.74, 6) is -0.382. The molecule has 1 N–H and O–H groups in total. The van der Waals surface area contributed by atoms with Gasteiger partial charge in [-0.3, -0.25) is 4.79 Å². The van der Waals surface area contributed by atoms with E-state index in [0.29, 0.717) is 5.56 Å². The number of sulfone groups is 1. The minimum absolute atomic E-state index is 0.0595. The van der Waals surface area contributed by atoms with Crippen LogP contribution in [0, 0.1) is 11.3 Å². The molecule has 0 aliphatic carbocycles. The first-order valence-corrected chi connectivity index (χ1v) is 8.37. The van der Waals surface area contributed by atoms with E-state index in [2.05, 4.69) is 5.32 Å². The molecule has 1 amide bonds. The Morgan fingerprint density at radius 1 is 1.48 bits per heavy atom. The fraction of sp³-hybridized carbons (Fsp3) is 0.333. The standard InChI is InChI=1S/C15H18N2O3S/c1-3-21(19,20)11-12(2)17-15(18)8-7-13-5-4-6-14(9-13)10-16/h4-9,12H,3,11H2,1-2H3,(H,17,18)/b8-7-/t12-/m1/s1. The summed E-state index contributed by atoms with van der Waals surface area (Å²) in [7, 11) is -3.12. The average molecular weight is 306 g/mol. The summed E-state index contributed by atoms with van der Waals surface area (Å²) in [5.41, 5.74) is 1.25. The van der Waals surface area contributed by atoms with Crippen LogP contribution in [0.1, 0.15) is 25.0 Å². The predicted molar refractivity (Wildman–Crippen MR) is 82.1 cm³/mol. The number of carbonyl (C=O) groups excluding carboxylic acids is 1. The topological polar surface area (TPSA) is 87.0 Å². The van der Waals surface area contributed by atoms with Crippen molar-refractivity contribution in [3.8, 4) is 6.07 Å². The Bertz CT molecular complexity index is 672. The van der Waals surface area contributed by atoms with Crippen molar-refractivity contribution in [2.45, 2.75) is 19.9 Å². The van der Waals surface area contributed by atoms with Gasteiger partial charge in [-0.05, 0) is 30.7 Å². The van der Waals surface area contributed by atoms with Gasteiger partial charge in [0.25, 0.3) is 0 Å². The number of nitrogens with one attached hydrogen (secondary N) is 1. The van der Waals surface area contributed by atoms with Crippen LogP contribution in [0.2, 0.25) is 0 Å². The monoisotopic (exact) mass is 306 g/mol. The molecule has 0 fully saturated rings. The molecule has 0 unspecified atom stereocenters. The van der Waals surface area contributed by atoms with Crippen molar-refractivity contribution >= 4 is 21.8 Å². The van der Waals surface area contributed by atoms with E-state index in [4.69, 9.17) is 5.26 Å². The van der Waals surface area contributed by atoms with Gasteiger partial charge in [-0.25, -0.2) is 8.42 Å². The van der Waals surface area contributed by atoms with E-state index in [9.17, 15) is 13.2 Å². The molecule has 21 heavy (non-hydrogen) atoms. The number of benzene rings is 1. The number of nitrogens with zero attached hydrogens (tertiary/aromatic N) is 1. The fourth-order valence-corrected chi connectivity index (χ4v) is 2.80. The lowest BCUT2D eigenvalue weighted by Gasteiger charge is -2.11. The maximum atomic E-state index is 11.7. The molecule has 0 saturated carbocycles. The molecule has 0 aliphatic heterocycles. The number of hydrogen-bond donors (Lipinski definition) is 1. The van der Waals surface area contributed by atoms with Crippen molar-refractivity contribution in [3.05, 3.63) is 41.5 Å². The van der Waals surface area contributed by atoms with E-state index < -0.39 is 15.9 Å². The molecule has 0 radical (unpaired) electrons. The van der Waals surface area contributed by atoms with Crippen LogP contribution in [0.25, 0.3) is 6.08 Å². The van der Waals surface area contributed by atoms with Gasteiger partial charge in [0.1, 0.15) is 0 Å². The van der Waals surface area contributed by atoms with Gasteiger partial charge in [0.15, 0.2) is 9.84 Å². The van der Waals surface area contributed by atoms with E-state index in [0.717, 1.165) is 5.56 Å². The molecule has 1 aromatic carbocycles.